The predicted octanol–water partition coefficient (Wildman–Crippen LogP) is 21.5. The van der Waals surface area contributed by atoms with E-state index in [1.165, 1.54) is 86.0 Å². The minimum atomic E-state index is -2.58. The fourth-order valence-corrected chi connectivity index (χ4v) is 25.7. The minimum absolute atomic E-state index is 0.461. The predicted molar refractivity (Wildman–Crippen MR) is 501 cm³/mol. The zero-order chi connectivity index (χ0) is 78.7. The van der Waals surface area contributed by atoms with Gasteiger partial charge in [-0.15, -0.1) is 0 Å². The molecule has 0 aliphatic carbocycles. The third-order valence-electron chi connectivity index (χ3n) is 21.7. The fraction of sp³-hybridized carbons (Fsp3) is 0. The van der Waals surface area contributed by atoms with Gasteiger partial charge in [0.2, 0.25) is 0 Å². The van der Waals surface area contributed by atoms with Crippen LogP contribution in [-0.4, -0.2) is 33.3 Å². The maximum absolute atomic E-state index is 9.51. The first kappa shape index (κ1) is 76.4. The van der Waals surface area contributed by atoms with E-state index in [4.69, 9.17) is 0 Å². The zero-order valence-electron chi connectivity index (χ0n) is 64.1. The van der Waals surface area contributed by atoms with Gasteiger partial charge in [0.1, 0.15) is 0 Å². The Balaban J connectivity index is 0.000000143. The van der Waals surface area contributed by atoms with Crippen molar-refractivity contribution in [2.75, 3.05) is 9.80 Å². The Kier molecular flexibility index (Phi) is 24.1. The van der Waals surface area contributed by atoms with Crippen LogP contribution in [0.1, 0.15) is 0 Å². The summed E-state index contributed by atoms with van der Waals surface area (Å²) in [5.41, 5.74) is 18.6. The van der Waals surface area contributed by atoms with Gasteiger partial charge in [0, 0.05) is 38.6 Å². The van der Waals surface area contributed by atoms with E-state index < -0.39 is 23.3 Å². The van der Waals surface area contributed by atoms with Crippen LogP contribution in [-0.2, 0) is 0 Å². The Morgan fingerprint density at radius 2 is 0.310 bits per heavy atom. The zero-order valence-corrected chi connectivity index (χ0v) is 67.7. The van der Waals surface area contributed by atoms with Crippen molar-refractivity contribution in [1.29, 1.82) is 0 Å². The number of hydrogen-bond acceptors (Lipinski definition) is 4. The van der Waals surface area contributed by atoms with Crippen molar-refractivity contribution in [3.63, 3.8) is 0 Å². The lowest BCUT2D eigenvalue weighted by Crippen LogP contribution is -2.74. The van der Waals surface area contributed by atoms with Gasteiger partial charge in [0.05, 0.1) is 0 Å². The maximum atomic E-state index is 9.51. The molecule has 0 unspecified atom stereocenters. The average Bonchev–Trinajstić information content (AvgIpc) is 0.740. The smallest absolute Gasteiger partial charge is 0.423 e. The number of hydrogen-bond donors (Lipinski definition) is 2. The van der Waals surface area contributed by atoms with Crippen LogP contribution in [0.4, 0.5) is 34.1 Å². The van der Waals surface area contributed by atoms with E-state index in [1.807, 2.05) is 48.5 Å². The van der Waals surface area contributed by atoms with Gasteiger partial charge in [-0.2, -0.15) is 0 Å². The molecule has 0 aliphatic rings. The molecule has 0 saturated carbocycles. The highest BCUT2D eigenvalue weighted by atomic mass is 79.9. The summed E-state index contributed by atoms with van der Waals surface area (Å²) in [6.07, 6.45) is 0. The van der Waals surface area contributed by atoms with Crippen LogP contribution in [0.3, 0.4) is 0 Å². The molecule has 0 aromatic heterocycles. The normalized spacial score (nSPS) is 11.1. The largest absolute Gasteiger partial charge is 0.488 e. The number of benzene rings is 18. The molecule has 0 bridgehead atoms. The molecule has 2 N–H and O–H groups in total. The maximum Gasteiger partial charge on any atom is 0.488 e. The lowest BCUT2D eigenvalue weighted by atomic mass is 9.80. The van der Waals surface area contributed by atoms with Crippen LogP contribution in [0.2, 0.25) is 0 Å². The molecule has 0 atom stereocenters. The van der Waals surface area contributed by atoms with Gasteiger partial charge >= 0.3 is 7.12 Å². The van der Waals surface area contributed by atoms with E-state index in [0.29, 0.717) is 5.46 Å². The van der Waals surface area contributed by atoms with Crippen molar-refractivity contribution in [2.45, 2.75) is 0 Å². The summed E-state index contributed by atoms with van der Waals surface area (Å²) < 4.78 is 1.11. The minimum Gasteiger partial charge on any atom is -0.423 e. The second-order valence-electron chi connectivity index (χ2n) is 28.6. The molecule has 0 fully saturated rings. The molecule has 0 aliphatic heterocycles. The summed E-state index contributed by atoms with van der Waals surface area (Å²) in [5, 5.41) is 30.1. The number of anilines is 6. The molecule has 8 heteroatoms. The van der Waals surface area contributed by atoms with Crippen molar-refractivity contribution in [2.24, 2.45) is 0 Å². The number of rotatable bonds is 20. The third kappa shape index (κ3) is 16.9. The monoisotopic (exact) mass is 1590 g/mol. The van der Waals surface area contributed by atoms with Crippen LogP contribution >= 0.6 is 15.9 Å². The molecule has 0 radical (unpaired) electrons. The van der Waals surface area contributed by atoms with Gasteiger partial charge in [-0.3, -0.25) is 0 Å². The third-order valence-corrected chi connectivity index (χ3v) is 31.8. The Hall–Kier alpha value is -13.5. The molecule has 0 amide bonds. The van der Waals surface area contributed by atoms with Crippen molar-refractivity contribution < 1.29 is 10.0 Å². The van der Waals surface area contributed by atoms with Crippen molar-refractivity contribution in [3.8, 4) is 55.6 Å². The first-order valence-corrected chi connectivity index (χ1v) is 44.1. The average molecular weight is 1590 g/mol. The van der Waals surface area contributed by atoms with Gasteiger partial charge < -0.3 is 19.8 Å². The molecular weight excluding hydrogens is 1500 g/mol. The van der Waals surface area contributed by atoms with E-state index in [9.17, 15) is 10.0 Å². The topological polar surface area (TPSA) is 46.9 Å². The van der Waals surface area contributed by atoms with E-state index in [2.05, 4.69) is 463 Å². The van der Waals surface area contributed by atoms with Crippen molar-refractivity contribution >= 4 is 120 Å². The molecule has 0 saturated heterocycles. The molecule has 18 aromatic rings. The highest BCUT2D eigenvalue weighted by Crippen LogP contribution is 2.40. The molecule has 18 aromatic carbocycles. The molecule has 0 spiro atoms. The second-order valence-corrected chi connectivity index (χ2v) is 37.1. The van der Waals surface area contributed by atoms with E-state index in [1.54, 1.807) is 12.1 Å². The first-order chi connectivity index (χ1) is 57.3. The highest BCUT2D eigenvalue weighted by Gasteiger charge is 2.43. The van der Waals surface area contributed by atoms with Gasteiger partial charge in [0.25, 0.3) is 0 Å². The van der Waals surface area contributed by atoms with Gasteiger partial charge in [0.15, 0.2) is 16.1 Å². The quantitative estimate of drug-likeness (QED) is 0.0590. The number of halogens is 1. The molecule has 18 rings (SSSR count). The molecule has 556 valence electrons. The van der Waals surface area contributed by atoms with Crippen LogP contribution < -0.4 is 56.8 Å². The summed E-state index contributed by atoms with van der Waals surface area (Å²) >= 11 is 3.60. The lowest BCUT2D eigenvalue weighted by molar-refractivity contribution is 0.426. The van der Waals surface area contributed by atoms with Crippen LogP contribution in [0, 0.1) is 0 Å². The van der Waals surface area contributed by atoms with E-state index >= 15 is 0 Å². The van der Waals surface area contributed by atoms with Gasteiger partial charge in [-0.05, 0) is 188 Å². The number of nitrogens with zero attached hydrogens (tertiary/aromatic N) is 2. The Bertz CT molecular complexity index is 5700. The highest BCUT2D eigenvalue weighted by molar-refractivity contribution is 9.10. The van der Waals surface area contributed by atoms with Crippen molar-refractivity contribution in [3.05, 3.63) is 502 Å². The van der Waals surface area contributed by atoms with E-state index in [0.717, 1.165) is 49.7 Å². The summed E-state index contributed by atoms with van der Waals surface area (Å²) in [6.45, 7) is 0. The summed E-state index contributed by atoms with van der Waals surface area (Å²) in [4.78, 5) is 4.51. The van der Waals surface area contributed by atoms with Crippen molar-refractivity contribution in [1.82, 2.24) is 0 Å². The summed E-state index contributed by atoms with van der Waals surface area (Å²) in [6, 6.07) is 177. The van der Waals surface area contributed by atoms with Gasteiger partial charge in [-0.1, -0.05) is 428 Å². The second kappa shape index (κ2) is 36.5. The molecular formula is C108H84BBrN2O2Si2. The lowest BCUT2D eigenvalue weighted by Gasteiger charge is -2.34. The fourth-order valence-electron chi connectivity index (χ4n) is 16.0. The Morgan fingerprint density at radius 3 is 0.500 bits per heavy atom. The molecule has 0 heterocycles. The van der Waals surface area contributed by atoms with Crippen LogP contribution in [0.15, 0.2) is 502 Å². The Labute approximate surface area is 692 Å². The van der Waals surface area contributed by atoms with E-state index in [-0.39, 0.29) is 0 Å². The van der Waals surface area contributed by atoms with Crippen LogP contribution in [0.5, 0.6) is 0 Å². The summed E-state index contributed by atoms with van der Waals surface area (Å²) in [5.74, 6) is 0. The first-order valence-electron chi connectivity index (χ1n) is 39.3. The van der Waals surface area contributed by atoms with Crippen LogP contribution in [0.25, 0.3) is 55.6 Å². The SMILES string of the molecule is Brc1ccc([Si](c2ccccc2)(c2ccccc2)c2ccccc2)cc1.OB(O)c1ccc(N(c2ccc(-c3ccccc3)cc2)c2ccc(-c3ccccc3)cc2)cc1.c1ccc(-c2ccc(N(c3ccc(-c4ccccc4)cc3)c3ccc(-c4ccc([Si](c5ccccc5)(c5ccccc5)c5ccccc5)cc4)cc3)cc2)cc1. The molecule has 4 nitrogen and oxygen atoms in total. The standard InChI is InChI=1S/C54H41NSi.C30H24BNO2.C24H19BrSi/c1-6-16-42(17-7-1)44-26-34-48(35-27-44)55(49-36-28-45(29-37-49)43-18-8-2-9-19-43)50-38-30-46(31-39-50)47-32-40-54(41-33-47)56(51-20-10-3-11-21-51,52-22-12-4-13-23-52)53-24-14-5-15-25-53;33-31(34)27-15-21-30(22-16-27)32(28-17-11-25(12-18-28)23-7-3-1-4-8-23)29-19-13-26(14-20-29)24-9-5-2-6-10-24;25-20-16-18-24(19-17-20)26(21-10-4-1-5-11-21,22-12-6-2-7-13-22)23-14-8-3-9-15-23/h1-41H;1-22,33-34H;1-19H. The summed E-state index contributed by atoms with van der Waals surface area (Å²) in [7, 11) is -6.41. The molecule has 116 heavy (non-hydrogen) atoms. The Morgan fingerprint density at radius 1 is 0.164 bits per heavy atom. The van der Waals surface area contributed by atoms with Gasteiger partial charge in [-0.25, -0.2) is 0 Å².